The lowest BCUT2D eigenvalue weighted by molar-refractivity contribution is 0.580. The molecule has 6 heteroatoms. The topological polar surface area (TPSA) is 52.0 Å². The van der Waals surface area contributed by atoms with Crippen LogP contribution in [0.3, 0.4) is 0 Å². The lowest BCUT2D eigenvalue weighted by atomic mass is 9.99. The summed E-state index contributed by atoms with van der Waals surface area (Å²) in [6.07, 6.45) is 5.52. The number of aromatic nitrogens is 2. The third kappa shape index (κ3) is 2.77. The van der Waals surface area contributed by atoms with Crippen LogP contribution in [0.15, 0.2) is 59.5 Å². The molecule has 0 fully saturated rings. The molecule has 1 heterocycles. The van der Waals surface area contributed by atoms with Gasteiger partial charge in [0.05, 0.1) is 21.3 Å². The van der Waals surface area contributed by atoms with Crippen LogP contribution >= 0.6 is 11.6 Å². The van der Waals surface area contributed by atoms with E-state index in [1.54, 1.807) is 30.3 Å². The maximum absolute atomic E-state index is 13.3. The predicted octanol–water partition coefficient (Wildman–Crippen LogP) is 4.71. The van der Waals surface area contributed by atoms with E-state index in [0.29, 0.717) is 22.7 Å². The highest BCUT2D eigenvalue weighted by Crippen LogP contribution is 2.36. The van der Waals surface area contributed by atoms with E-state index < -0.39 is 10.0 Å². The van der Waals surface area contributed by atoms with Crippen molar-refractivity contribution in [2.75, 3.05) is 0 Å². The summed E-state index contributed by atoms with van der Waals surface area (Å²) in [6, 6.07) is 14.0. The number of aryl methyl sites for hydroxylation is 2. The summed E-state index contributed by atoms with van der Waals surface area (Å²) >= 11 is 6.39. The van der Waals surface area contributed by atoms with Crippen molar-refractivity contribution in [3.8, 4) is 11.3 Å². The van der Waals surface area contributed by atoms with Crippen molar-refractivity contribution in [3.05, 3.63) is 76.5 Å². The molecule has 0 N–H and O–H groups in total. The number of fused-ring (bicyclic) bond motifs is 1. The molecule has 0 spiro atoms. The van der Waals surface area contributed by atoms with Gasteiger partial charge in [0.2, 0.25) is 0 Å². The lowest BCUT2D eigenvalue weighted by Gasteiger charge is -2.11. The highest BCUT2D eigenvalue weighted by molar-refractivity contribution is 7.90. The molecule has 0 saturated carbocycles. The molecule has 4 nitrogen and oxygen atoms in total. The molecule has 4 rings (SSSR count). The fraction of sp³-hybridized carbons (Fsp3) is 0.150. The van der Waals surface area contributed by atoms with Crippen LogP contribution in [-0.2, 0) is 16.4 Å². The van der Waals surface area contributed by atoms with Crippen LogP contribution in [0.1, 0.15) is 23.2 Å². The van der Waals surface area contributed by atoms with Gasteiger partial charge in [-0.3, -0.25) is 0 Å². The highest BCUT2D eigenvalue weighted by atomic mass is 35.5. The van der Waals surface area contributed by atoms with E-state index in [9.17, 15) is 8.42 Å². The monoisotopic (exact) mass is 384 g/mol. The Balaban J connectivity index is 2.00. The van der Waals surface area contributed by atoms with E-state index in [1.165, 1.54) is 0 Å². The van der Waals surface area contributed by atoms with Crippen LogP contribution in [0, 0.1) is 6.92 Å². The van der Waals surface area contributed by atoms with Gasteiger partial charge in [-0.25, -0.2) is 0 Å². The van der Waals surface area contributed by atoms with Gasteiger partial charge in [0.25, 0.3) is 10.0 Å². The first-order valence-corrected chi connectivity index (χ1v) is 10.2. The zero-order valence-corrected chi connectivity index (χ0v) is 15.8. The Hall–Kier alpha value is -2.37. The van der Waals surface area contributed by atoms with Crippen molar-refractivity contribution in [2.24, 2.45) is 0 Å². The summed E-state index contributed by atoms with van der Waals surface area (Å²) in [5, 5.41) is 4.95. The van der Waals surface area contributed by atoms with Crippen molar-refractivity contribution in [3.63, 3.8) is 0 Å². The number of hydrogen-bond donors (Lipinski definition) is 0. The van der Waals surface area contributed by atoms with Gasteiger partial charge in [-0.2, -0.15) is 17.6 Å². The number of halogens is 1. The average Bonchev–Trinajstić information content (AvgIpc) is 3.03. The van der Waals surface area contributed by atoms with E-state index in [2.05, 4.69) is 5.10 Å². The molecule has 0 atom stereocenters. The van der Waals surface area contributed by atoms with E-state index in [0.717, 1.165) is 27.3 Å². The Labute approximate surface area is 157 Å². The second kappa shape index (κ2) is 6.41. The Kier molecular flexibility index (Phi) is 4.21. The summed E-state index contributed by atoms with van der Waals surface area (Å²) in [7, 11) is -3.83. The fourth-order valence-corrected chi connectivity index (χ4v) is 4.67. The first-order valence-electron chi connectivity index (χ1n) is 8.34. The minimum Gasteiger partial charge on any atom is -0.199 e. The van der Waals surface area contributed by atoms with E-state index in [4.69, 9.17) is 11.6 Å². The van der Waals surface area contributed by atoms with E-state index >= 15 is 0 Å². The molecule has 1 aliphatic carbocycles. The van der Waals surface area contributed by atoms with Crippen molar-refractivity contribution < 1.29 is 8.42 Å². The average molecular weight is 385 g/mol. The third-order valence-electron chi connectivity index (χ3n) is 4.48. The number of allylic oxidation sites excluding steroid dienone is 1. The minimum atomic E-state index is -3.83. The van der Waals surface area contributed by atoms with Crippen LogP contribution in [0.25, 0.3) is 17.3 Å². The molecule has 0 aliphatic heterocycles. The first-order chi connectivity index (χ1) is 12.5. The molecule has 0 amide bonds. The normalized spacial score (nSPS) is 13.6. The summed E-state index contributed by atoms with van der Waals surface area (Å²) in [6.45, 7) is 1.92. The number of benzene rings is 2. The van der Waals surface area contributed by atoms with Crippen LogP contribution in [0.4, 0.5) is 0 Å². The fourth-order valence-electron chi connectivity index (χ4n) is 3.12. The molecule has 0 bridgehead atoms. The van der Waals surface area contributed by atoms with Crippen LogP contribution in [0.5, 0.6) is 0 Å². The molecule has 132 valence electrons. The maximum atomic E-state index is 13.3. The van der Waals surface area contributed by atoms with Gasteiger partial charge in [-0.05, 0) is 38.0 Å². The third-order valence-corrected chi connectivity index (χ3v) is 6.39. The van der Waals surface area contributed by atoms with Gasteiger partial charge in [0, 0.05) is 11.1 Å². The standard InChI is InChI=1S/C20H17ClN2O2S/c1-14-10-12-15(13-11-14)26(24,25)23-20(16-6-2-4-8-18(16)21)17-7-3-5-9-19(17)22-23/h2-4,6-8,10-13H,5,9H2,1H3. The van der Waals surface area contributed by atoms with Crippen molar-refractivity contribution in [2.45, 2.75) is 24.7 Å². The van der Waals surface area contributed by atoms with E-state index in [1.807, 2.05) is 37.3 Å². The molecular formula is C20H17ClN2O2S. The SMILES string of the molecule is Cc1ccc(S(=O)(=O)n2nc3c(c2-c2ccccc2Cl)C=CCC3)cc1. The summed E-state index contributed by atoms with van der Waals surface area (Å²) < 4.78 is 27.7. The smallest absolute Gasteiger partial charge is 0.199 e. The van der Waals surface area contributed by atoms with Crippen LogP contribution in [0.2, 0.25) is 5.02 Å². The zero-order chi connectivity index (χ0) is 18.3. The minimum absolute atomic E-state index is 0.209. The molecule has 0 saturated heterocycles. The molecule has 0 unspecified atom stereocenters. The van der Waals surface area contributed by atoms with Gasteiger partial charge in [-0.1, -0.05) is 59.6 Å². The number of rotatable bonds is 3. The zero-order valence-electron chi connectivity index (χ0n) is 14.2. The van der Waals surface area contributed by atoms with Gasteiger partial charge in [-0.15, -0.1) is 0 Å². The van der Waals surface area contributed by atoms with Crippen molar-refractivity contribution in [1.82, 2.24) is 9.19 Å². The summed E-state index contributed by atoms with van der Waals surface area (Å²) in [5.41, 5.74) is 3.77. The van der Waals surface area contributed by atoms with Gasteiger partial charge in [0.15, 0.2) is 0 Å². The summed E-state index contributed by atoms with van der Waals surface area (Å²) in [4.78, 5) is 0.209. The Bertz CT molecular complexity index is 1110. The molecule has 3 aromatic rings. The Morgan fingerprint density at radius 1 is 1.08 bits per heavy atom. The molecule has 26 heavy (non-hydrogen) atoms. The quantitative estimate of drug-likeness (QED) is 0.657. The Morgan fingerprint density at radius 3 is 2.54 bits per heavy atom. The number of hydrogen-bond acceptors (Lipinski definition) is 3. The number of nitrogens with zero attached hydrogens (tertiary/aromatic N) is 2. The molecule has 1 aromatic heterocycles. The van der Waals surface area contributed by atoms with Crippen LogP contribution in [-0.4, -0.2) is 17.6 Å². The maximum Gasteiger partial charge on any atom is 0.283 e. The Morgan fingerprint density at radius 2 is 1.81 bits per heavy atom. The lowest BCUT2D eigenvalue weighted by Crippen LogP contribution is -2.16. The first kappa shape index (κ1) is 17.1. The van der Waals surface area contributed by atoms with Crippen LogP contribution < -0.4 is 0 Å². The largest absolute Gasteiger partial charge is 0.283 e. The van der Waals surface area contributed by atoms with Gasteiger partial charge in [0.1, 0.15) is 0 Å². The van der Waals surface area contributed by atoms with Crippen molar-refractivity contribution >= 4 is 27.7 Å². The molecule has 0 radical (unpaired) electrons. The van der Waals surface area contributed by atoms with Gasteiger partial charge < -0.3 is 0 Å². The van der Waals surface area contributed by atoms with E-state index in [-0.39, 0.29) is 4.90 Å². The predicted molar refractivity (Wildman–Crippen MR) is 104 cm³/mol. The molecule has 2 aromatic carbocycles. The molecular weight excluding hydrogens is 368 g/mol. The highest BCUT2D eigenvalue weighted by Gasteiger charge is 2.28. The molecule has 1 aliphatic rings. The van der Waals surface area contributed by atoms with Gasteiger partial charge >= 0.3 is 0 Å². The summed E-state index contributed by atoms with van der Waals surface area (Å²) in [5.74, 6) is 0. The van der Waals surface area contributed by atoms with Crippen molar-refractivity contribution in [1.29, 1.82) is 0 Å². The second-order valence-corrected chi connectivity index (χ2v) is 8.47. The second-order valence-electron chi connectivity index (χ2n) is 6.29.